The minimum absolute atomic E-state index is 0.0824. The number of benzene rings is 2. The molecule has 1 aliphatic heterocycles. The second-order valence-electron chi connectivity index (χ2n) is 6.77. The Hall–Kier alpha value is -3.41. The number of rotatable bonds is 6. The van der Waals surface area contributed by atoms with Crippen LogP contribution in [-0.2, 0) is 9.59 Å². The summed E-state index contributed by atoms with van der Waals surface area (Å²) in [6, 6.07) is 14.4. The van der Waals surface area contributed by atoms with Crippen molar-refractivity contribution in [1.82, 2.24) is 5.32 Å². The number of carbonyl (C=O) groups excluding carboxylic acids is 3. The van der Waals surface area contributed by atoms with Crippen molar-refractivity contribution in [2.75, 3.05) is 23.3 Å². The van der Waals surface area contributed by atoms with Gasteiger partial charge in [-0.25, -0.2) is 0 Å². The van der Waals surface area contributed by atoms with Crippen molar-refractivity contribution in [1.29, 1.82) is 0 Å². The van der Waals surface area contributed by atoms with Crippen LogP contribution in [0.25, 0.3) is 0 Å². The summed E-state index contributed by atoms with van der Waals surface area (Å²) in [5, 5.41) is 5.51. The first-order chi connectivity index (χ1) is 13.5. The van der Waals surface area contributed by atoms with Gasteiger partial charge in [-0.15, -0.1) is 6.58 Å². The van der Waals surface area contributed by atoms with Crippen molar-refractivity contribution in [3.8, 4) is 0 Å². The number of anilines is 2. The predicted octanol–water partition coefficient (Wildman–Crippen LogP) is 2.90. The topological polar surface area (TPSA) is 78.5 Å². The Morgan fingerprint density at radius 3 is 2.61 bits per heavy atom. The maximum Gasteiger partial charge on any atom is 0.253 e. The van der Waals surface area contributed by atoms with Crippen LogP contribution in [0.4, 0.5) is 11.4 Å². The van der Waals surface area contributed by atoms with E-state index in [0.717, 1.165) is 11.3 Å². The summed E-state index contributed by atoms with van der Waals surface area (Å²) in [4.78, 5) is 39.0. The molecule has 0 spiro atoms. The van der Waals surface area contributed by atoms with Crippen molar-refractivity contribution in [2.45, 2.75) is 13.3 Å². The lowest BCUT2D eigenvalue weighted by Crippen LogP contribution is -2.29. The molecule has 0 radical (unpaired) electrons. The molecule has 1 fully saturated rings. The van der Waals surface area contributed by atoms with Crippen LogP contribution in [0.2, 0.25) is 0 Å². The molecule has 1 atom stereocenters. The van der Waals surface area contributed by atoms with E-state index in [1.54, 1.807) is 35.2 Å². The van der Waals surface area contributed by atoms with Gasteiger partial charge < -0.3 is 15.5 Å². The monoisotopic (exact) mass is 377 g/mol. The first-order valence-electron chi connectivity index (χ1n) is 9.15. The molecule has 1 heterocycles. The van der Waals surface area contributed by atoms with Crippen LogP contribution in [0.15, 0.2) is 61.2 Å². The quantitative estimate of drug-likeness (QED) is 0.760. The second kappa shape index (κ2) is 8.52. The molecule has 28 heavy (non-hydrogen) atoms. The minimum Gasteiger partial charge on any atom is -0.349 e. The molecule has 0 unspecified atom stereocenters. The molecular formula is C22H23N3O3. The smallest absolute Gasteiger partial charge is 0.253 e. The third kappa shape index (κ3) is 4.28. The van der Waals surface area contributed by atoms with Gasteiger partial charge in [0, 0.05) is 25.2 Å². The first-order valence-corrected chi connectivity index (χ1v) is 9.15. The van der Waals surface area contributed by atoms with Gasteiger partial charge in [-0.05, 0) is 31.2 Å². The average molecular weight is 377 g/mol. The molecule has 6 nitrogen and oxygen atoms in total. The summed E-state index contributed by atoms with van der Waals surface area (Å²) in [6.07, 6.45) is 1.73. The molecule has 0 saturated carbocycles. The highest BCUT2D eigenvalue weighted by Crippen LogP contribution is 2.27. The highest BCUT2D eigenvalue weighted by molar-refractivity contribution is 6.07. The minimum atomic E-state index is -0.474. The van der Waals surface area contributed by atoms with Gasteiger partial charge in [0.05, 0.1) is 17.2 Å². The summed E-state index contributed by atoms with van der Waals surface area (Å²) >= 11 is 0. The molecule has 0 aliphatic carbocycles. The van der Waals surface area contributed by atoms with Crippen molar-refractivity contribution >= 4 is 29.1 Å². The van der Waals surface area contributed by atoms with Gasteiger partial charge in [-0.3, -0.25) is 14.4 Å². The van der Waals surface area contributed by atoms with E-state index in [4.69, 9.17) is 0 Å². The Balaban J connectivity index is 1.70. The Kier molecular flexibility index (Phi) is 5.89. The molecule has 0 bridgehead atoms. The number of nitrogens with zero attached hydrogens (tertiary/aromatic N) is 1. The second-order valence-corrected chi connectivity index (χ2v) is 6.77. The van der Waals surface area contributed by atoms with Gasteiger partial charge in [-0.2, -0.15) is 0 Å². The van der Waals surface area contributed by atoms with Crippen LogP contribution in [0.5, 0.6) is 0 Å². The summed E-state index contributed by atoms with van der Waals surface area (Å²) in [5.74, 6) is -1.12. The zero-order valence-corrected chi connectivity index (χ0v) is 15.8. The highest BCUT2D eigenvalue weighted by Gasteiger charge is 2.35. The maximum absolute atomic E-state index is 12.7. The Morgan fingerprint density at radius 2 is 1.89 bits per heavy atom. The van der Waals surface area contributed by atoms with Gasteiger partial charge in [0.2, 0.25) is 11.8 Å². The molecular weight excluding hydrogens is 354 g/mol. The van der Waals surface area contributed by atoms with E-state index in [-0.39, 0.29) is 24.1 Å². The normalized spacial score (nSPS) is 16.0. The molecule has 2 aromatic carbocycles. The maximum atomic E-state index is 12.7. The van der Waals surface area contributed by atoms with E-state index in [1.807, 2.05) is 31.2 Å². The van der Waals surface area contributed by atoms with Crippen LogP contribution < -0.4 is 15.5 Å². The lowest BCUT2D eigenvalue weighted by Gasteiger charge is -2.17. The van der Waals surface area contributed by atoms with Gasteiger partial charge >= 0.3 is 0 Å². The number of nitrogens with one attached hydrogen (secondary N) is 2. The lowest BCUT2D eigenvalue weighted by atomic mass is 10.1. The van der Waals surface area contributed by atoms with E-state index >= 15 is 0 Å². The van der Waals surface area contributed by atoms with Crippen LogP contribution in [0, 0.1) is 12.8 Å². The fourth-order valence-electron chi connectivity index (χ4n) is 3.14. The van der Waals surface area contributed by atoms with Gasteiger partial charge in [-0.1, -0.05) is 35.9 Å². The van der Waals surface area contributed by atoms with E-state index in [0.29, 0.717) is 24.3 Å². The zero-order chi connectivity index (χ0) is 20.1. The standard InChI is InChI=1S/C22H23N3O3/c1-3-12-23-22(28)18-6-4-5-7-19(18)24-21(27)16-13-20(26)25(14-16)17-10-8-15(2)9-11-17/h3-11,16H,1,12-14H2,2H3,(H,23,28)(H,24,27)/t16-/m0/s1. The Labute approximate surface area is 164 Å². The van der Waals surface area contributed by atoms with E-state index in [1.165, 1.54) is 0 Å². The molecule has 144 valence electrons. The van der Waals surface area contributed by atoms with Crippen molar-refractivity contribution in [3.63, 3.8) is 0 Å². The van der Waals surface area contributed by atoms with E-state index < -0.39 is 5.92 Å². The van der Waals surface area contributed by atoms with Crippen LogP contribution in [-0.4, -0.2) is 30.8 Å². The number of hydrogen-bond acceptors (Lipinski definition) is 3. The average Bonchev–Trinajstić information content (AvgIpc) is 3.09. The van der Waals surface area contributed by atoms with Crippen molar-refractivity contribution in [3.05, 3.63) is 72.3 Å². The summed E-state index contributed by atoms with van der Waals surface area (Å²) < 4.78 is 0. The fraction of sp³-hybridized carbons (Fsp3) is 0.227. The SMILES string of the molecule is C=CCNC(=O)c1ccccc1NC(=O)[C@H]1CC(=O)N(c2ccc(C)cc2)C1. The fourth-order valence-corrected chi connectivity index (χ4v) is 3.14. The number of para-hydroxylation sites is 1. The molecule has 3 rings (SSSR count). The van der Waals surface area contributed by atoms with E-state index in [2.05, 4.69) is 17.2 Å². The summed E-state index contributed by atoms with van der Waals surface area (Å²) in [7, 11) is 0. The number of hydrogen-bond donors (Lipinski definition) is 2. The number of aryl methyl sites for hydroxylation is 1. The summed E-state index contributed by atoms with van der Waals surface area (Å²) in [5.41, 5.74) is 2.69. The van der Waals surface area contributed by atoms with Gasteiger partial charge in [0.15, 0.2) is 0 Å². The first kappa shape index (κ1) is 19.4. The van der Waals surface area contributed by atoms with Gasteiger partial charge in [0.25, 0.3) is 5.91 Å². The largest absolute Gasteiger partial charge is 0.349 e. The van der Waals surface area contributed by atoms with Crippen LogP contribution in [0.1, 0.15) is 22.3 Å². The van der Waals surface area contributed by atoms with Crippen molar-refractivity contribution < 1.29 is 14.4 Å². The zero-order valence-electron chi connectivity index (χ0n) is 15.8. The Bertz CT molecular complexity index is 905. The molecule has 1 saturated heterocycles. The molecule has 1 aliphatic rings. The highest BCUT2D eigenvalue weighted by atomic mass is 16.2. The molecule has 2 N–H and O–H groups in total. The van der Waals surface area contributed by atoms with Crippen LogP contribution >= 0.6 is 0 Å². The third-order valence-corrected chi connectivity index (χ3v) is 4.68. The lowest BCUT2D eigenvalue weighted by molar-refractivity contribution is -0.122. The molecule has 0 aromatic heterocycles. The van der Waals surface area contributed by atoms with Crippen molar-refractivity contribution in [2.24, 2.45) is 5.92 Å². The molecule has 3 amide bonds. The third-order valence-electron chi connectivity index (χ3n) is 4.68. The molecule has 2 aromatic rings. The summed E-state index contributed by atoms with van der Waals surface area (Å²) in [6.45, 7) is 6.21. The number of carbonyl (C=O) groups is 3. The van der Waals surface area contributed by atoms with E-state index in [9.17, 15) is 14.4 Å². The van der Waals surface area contributed by atoms with Crippen LogP contribution in [0.3, 0.4) is 0 Å². The Morgan fingerprint density at radius 1 is 1.18 bits per heavy atom. The molecule has 6 heteroatoms. The number of amides is 3. The predicted molar refractivity (Wildman–Crippen MR) is 109 cm³/mol. The van der Waals surface area contributed by atoms with Gasteiger partial charge in [0.1, 0.15) is 0 Å².